The van der Waals surface area contributed by atoms with Gasteiger partial charge in [-0.3, -0.25) is 14.3 Å². The Morgan fingerprint density at radius 3 is 2.62 bits per heavy atom. The molecule has 0 aliphatic carbocycles. The van der Waals surface area contributed by atoms with Gasteiger partial charge in [0.25, 0.3) is 5.91 Å². The normalized spacial score (nSPS) is 11.1. The quantitative estimate of drug-likeness (QED) is 0.751. The Morgan fingerprint density at radius 2 is 2.04 bits per heavy atom. The van der Waals surface area contributed by atoms with E-state index in [1.165, 1.54) is 6.20 Å². The minimum atomic E-state index is -0.727. The number of primary amides is 1. The maximum absolute atomic E-state index is 15.2. The van der Waals surface area contributed by atoms with E-state index < -0.39 is 11.7 Å². The molecule has 2 aromatic heterocycles. The highest BCUT2D eigenvalue weighted by molar-refractivity contribution is 6.11. The van der Waals surface area contributed by atoms with Crippen LogP contribution < -0.4 is 16.2 Å². The number of hydrogen-bond acceptors (Lipinski definition) is 4. The van der Waals surface area contributed by atoms with Crippen molar-refractivity contribution in [3.8, 4) is 11.4 Å². The summed E-state index contributed by atoms with van der Waals surface area (Å²) in [5, 5.41) is 0.298. The van der Waals surface area contributed by atoms with Gasteiger partial charge in [0.1, 0.15) is 11.6 Å². The highest BCUT2D eigenvalue weighted by Gasteiger charge is 2.26. The number of ether oxygens (including phenoxy) is 1. The molecule has 0 fully saturated rings. The molecular formula is C19H21FN4O2. The van der Waals surface area contributed by atoms with Gasteiger partial charge in [-0.25, -0.2) is 4.39 Å². The van der Waals surface area contributed by atoms with Crippen molar-refractivity contribution in [2.45, 2.75) is 27.2 Å². The van der Waals surface area contributed by atoms with Crippen molar-refractivity contribution >= 4 is 22.6 Å². The first-order valence-corrected chi connectivity index (χ1v) is 8.25. The average molecular weight is 356 g/mol. The van der Waals surface area contributed by atoms with Gasteiger partial charge in [-0.05, 0) is 31.9 Å². The van der Waals surface area contributed by atoms with Crippen LogP contribution in [0.2, 0.25) is 0 Å². The summed E-state index contributed by atoms with van der Waals surface area (Å²) < 4.78 is 22.1. The molecule has 1 aromatic carbocycles. The number of fused-ring (bicyclic) bond motifs is 1. The number of methoxy groups -OCH3 is 1. The summed E-state index contributed by atoms with van der Waals surface area (Å²) in [5.74, 6) is -0.515. The standard InChI is InChI=1S/C19H21FN4O2/c1-5-12-15(20)17-11(8-23-12)14(19(22)25)18(21)24(17)16-9(2)6-7-13(26-4)10(16)3/h6-8H,5,21H2,1-4H3,(H2,22,25). The molecule has 0 atom stereocenters. The van der Waals surface area contributed by atoms with Gasteiger partial charge in [-0.1, -0.05) is 13.0 Å². The van der Waals surface area contributed by atoms with Crippen LogP contribution in [-0.2, 0) is 6.42 Å². The minimum Gasteiger partial charge on any atom is -0.496 e. The smallest absolute Gasteiger partial charge is 0.253 e. The Bertz CT molecular complexity index is 1040. The molecule has 0 aliphatic rings. The largest absolute Gasteiger partial charge is 0.496 e. The molecular weight excluding hydrogens is 335 g/mol. The molecule has 0 saturated carbocycles. The first kappa shape index (κ1) is 17.7. The first-order valence-electron chi connectivity index (χ1n) is 8.25. The second-order valence-corrected chi connectivity index (χ2v) is 6.15. The summed E-state index contributed by atoms with van der Waals surface area (Å²) in [4.78, 5) is 16.1. The molecule has 26 heavy (non-hydrogen) atoms. The van der Waals surface area contributed by atoms with Gasteiger partial charge in [-0.15, -0.1) is 0 Å². The van der Waals surface area contributed by atoms with Crippen molar-refractivity contribution in [1.82, 2.24) is 9.55 Å². The molecule has 136 valence electrons. The molecule has 0 aliphatic heterocycles. The molecule has 4 N–H and O–H groups in total. The molecule has 2 heterocycles. The van der Waals surface area contributed by atoms with Crippen molar-refractivity contribution < 1.29 is 13.9 Å². The summed E-state index contributed by atoms with van der Waals surface area (Å²) in [6.45, 7) is 5.55. The predicted octanol–water partition coefficient (Wildman–Crippen LogP) is 3.03. The number of benzene rings is 1. The first-order chi connectivity index (χ1) is 12.3. The van der Waals surface area contributed by atoms with E-state index in [-0.39, 0.29) is 16.9 Å². The second kappa shape index (κ2) is 6.33. The van der Waals surface area contributed by atoms with E-state index in [1.54, 1.807) is 11.7 Å². The van der Waals surface area contributed by atoms with E-state index in [9.17, 15) is 4.79 Å². The number of pyridine rings is 1. The summed E-state index contributed by atoms with van der Waals surface area (Å²) in [5.41, 5.74) is 14.6. The van der Waals surface area contributed by atoms with Gasteiger partial charge in [0.15, 0.2) is 5.82 Å². The fourth-order valence-corrected chi connectivity index (χ4v) is 3.41. The van der Waals surface area contributed by atoms with Gasteiger partial charge in [0, 0.05) is 17.1 Å². The summed E-state index contributed by atoms with van der Waals surface area (Å²) >= 11 is 0. The third-order valence-corrected chi connectivity index (χ3v) is 4.66. The average Bonchev–Trinajstić information content (AvgIpc) is 2.89. The third-order valence-electron chi connectivity index (χ3n) is 4.66. The maximum atomic E-state index is 15.2. The van der Waals surface area contributed by atoms with Gasteiger partial charge in [0.05, 0.1) is 29.6 Å². The molecule has 3 rings (SSSR count). The lowest BCUT2D eigenvalue weighted by Crippen LogP contribution is -2.14. The van der Waals surface area contributed by atoms with Crippen LogP contribution in [0.4, 0.5) is 10.2 Å². The van der Waals surface area contributed by atoms with E-state index in [2.05, 4.69) is 4.98 Å². The Balaban J connectivity index is 2.56. The van der Waals surface area contributed by atoms with E-state index in [0.717, 1.165) is 11.1 Å². The van der Waals surface area contributed by atoms with Crippen molar-refractivity contribution in [3.05, 3.63) is 46.5 Å². The molecule has 6 nitrogen and oxygen atoms in total. The number of aryl methyl sites for hydroxylation is 2. The number of nitrogens with zero attached hydrogens (tertiary/aromatic N) is 2. The maximum Gasteiger partial charge on any atom is 0.253 e. The number of aromatic nitrogens is 2. The van der Waals surface area contributed by atoms with Crippen molar-refractivity contribution in [3.63, 3.8) is 0 Å². The number of hydrogen-bond donors (Lipinski definition) is 2. The molecule has 0 bridgehead atoms. The van der Waals surface area contributed by atoms with Gasteiger partial charge < -0.3 is 16.2 Å². The predicted molar refractivity (Wildman–Crippen MR) is 99.4 cm³/mol. The van der Waals surface area contributed by atoms with Crippen LogP contribution in [0.15, 0.2) is 18.3 Å². The third kappa shape index (κ3) is 2.39. The van der Waals surface area contributed by atoms with Crippen molar-refractivity contribution in [2.24, 2.45) is 5.73 Å². The summed E-state index contributed by atoms with van der Waals surface area (Å²) in [6, 6.07) is 3.69. The highest BCUT2D eigenvalue weighted by atomic mass is 19.1. The Kier molecular flexibility index (Phi) is 4.31. The number of halogens is 1. The number of nitrogen functional groups attached to an aromatic ring is 1. The Morgan fingerprint density at radius 1 is 1.35 bits per heavy atom. The van der Waals surface area contributed by atoms with Crippen LogP contribution in [0.3, 0.4) is 0 Å². The van der Waals surface area contributed by atoms with Crippen LogP contribution in [0.25, 0.3) is 16.6 Å². The Labute approximate surface area is 150 Å². The molecule has 7 heteroatoms. The van der Waals surface area contributed by atoms with E-state index in [0.29, 0.717) is 28.9 Å². The van der Waals surface area contributed by atoms with E-state index in [4.69, 9.17) is 16.2 Å². The summed E-state index contributed by atoms with van der Waals surface area (Å²) in [7, 11) is 1.56. The number of carbonyl (C=O) groups is 1. The second-order valence-electron chi connectivity index (χ2n) is 6.15. The zero-order valence-corrected chi connectivity index (χ0v) is 15.2. The SMILES string of the molecule is CCc1ncc2c(C(N)=O)c(N)n(-c3c(C)ccc(OC)c3C)c2c1F. The lowest BCUT2D eigenvalue weighted by Gasteiger charge is -2.17. The zero-order chi connectivity index (χ0) is 19.2. The van der Waals surface area contributed by atoms with Crippen molar-refractivity contribution in [2.75, 3.05) is 12.8 Å². The number of rotatable bonds is 4. The Hall–Kier alpha value is -3.09. The molecule has 0 radical (unpaired) electrons. The lowest BCUT2D eigenvalue weighted by atomic mass is 10.1. The molecule has 0 saturated heterocycles. The minimum absolute atomic E-state index is 0.0654. The molecule has 0 unspecified atom stereocenters. The zero-order valence-electron chi connectivity index (χ0n) is 15.2. The lowest BCUT2D eigenvalue weighted by molar-refractivity contribution is 0.100. The molecule has 3 aromatic rings. The fraction of sp³-hybridized carbons (Fsp3) is 0.263. The van der Waals surface area contributed by atoms with Crippen LogP contribution in [0.1, 0.15) is 34.1 Å². The topological polar surface area (TPSA) is 96.2 Å². The highest BCUT2D eigenvalue weighted by Crippen LogP contribution is 2.37. The molecule has 1 amide bonds. The van der Waals surface area contributed by atoms with Crippen LogP contribution in [0.5, 0.6) is 5.75 Å². The van der Waals surface area contributed by atoms with E-state index >= 15 is 4.39 Å². The monoisotopic (exact) mass is 356 g/mol. The number of anilines is 1. The number of carbonyl (C=O) groups excluding carboxylic acids is 1. The van der Waals surface area contributed by atoms with E-state index in [1.807, 2.05) is 32.9 Å². The van der Waals surface area contributed by atoms with Gasteiger partial charge in [0.2, 0.25) is 0 Å². The number of amides is 1. The molecule has 0 spiro atoms. The van der Waals surface area contributed by atoms with Crippen LogP contribution in [0, 0.1) is 19.7 Å². The van der Waals surface area contributed by atoms with Crippen LogP contribution in [-0.4, -0.2) is 22.6 Å². The summed E-state index contributed by atoms with van der Waals surface area (Å²) in [6.07, 6.45) is 1.86. The fourth-order valence-electron chi connectivity index (χ4n) is 3.41. The van der Waals surface area contributed by atoms with Crippen LogP contribution >= 0.6 is 0 Å². The van der Waals surface area contributed by atoms with Crippen molar-refractivity contribution in [1.29, 1.82) is 0 Å². The number of nitrogens with two attached hydrogens (primary N) is 2. The van der Waals surface area contributed by atoms with Gasteiger partial charge >= 0.3 is 0 Å². The van der Waals surface area contributed by atoms with Gasteiger partial charge in [-0.2, -0.15) is 0 Å².